The van der Waals surface area contributed by atoms with E-state index in [1.165, 1.54) is 0 Å². The van der Waals surface area contributed by atoms with E-state index in [9.17, 15) is 21.6 Å². The number of alkyl halides is 3. The van der Waals surface area contributed by atoms with Crippen LogP contribution >= 0.6 is 0 Å². The number of aliphatic hydroxyl groups excluding tert-OH is 3. The van der Waals surface area contributed by atoms with Gasteiger partial charge < -0.3 is 15.3 Å². The number of rotatable bonds is 6. The summed E-state index contributed by atoms with van der Waals surface area (Å²) < 4.78 is 63.0. The summed E-state index contributed by atoms with van der Waals surface area (Å²) in [5, 5.41) is 27.1. The largest absolute Gasteiger partial charge is 0.416 e. The SMILES string of the molecule is O=S(=O)(NC(CO)(CO)CO)c1ccc(C(F)(F)F)cc1. The van der Waals surface area contributed by atoms with Crippen LogP contribution in [0.15, 0.2) is 29.2 Å². The fraction of sp³-hybridized carbons (Fsp3) is 0.455. The highest BCUT2D eigenvalue weighted by atomic mass is 32.2. The van der Waals surface area contributed by atoms with E-state index in [2.05, 4.69) is 0 Å². The summed E-state index contributed by atoms with van der Waals surface area (Å²) in [5.41, 5.74) is -2.92. The summed E-state index contributed by atoms with van der Waals surface area (Å²) in [5.74, 6) is 0. The topological polar surface area (TPSA) is 107 Å². The van der Waals surface area contributed by atoms with Crippen molar-refractivity contribution in [2.75, 3.05) is 19.8 Å². The molecule has 10 heteroatoms. The third-order valence-corrected chi connectivity index (χ3v) is 4.35. The molecule has 1 rings (SSSR count). The fourth-order valence-electron chi connectivity index (χ4n) is 1.41. The van der Waals surface area contributed by atoms with Crippen molar-refractivity contribution in [2.45, 2.75) is 16.6 Å². The van der Waals surface area contributed by atoms with E-state index in [1.807, 2.05) is 4.72 Å². The molecule has 4 N–H and O–H groups in total. The molecule has 0 aliphatic heterocycles. The summed E-state index contributed by atoms with van der Waals surface area (Å²) in [6, 6.07) is 2.66. The Morgan fingerprint density at radius 3 is 1.71 bits per heavy atom. The first-order valence-electron chi connectivity index (χ1n) is 5.64. The van der Waals surface area contributed by atoms with Gasteiger partial charge in [-0.05, 0) is 24.3 Å². The zero-order chi connectivity index (χ0) is 16.3. The molecule has 21 heavy (non-hydrogen) atoms. The third kappa shape index (κ3) is 4.14. The highest BCUT2D eigenvalue weighted by Crippen LogP contribution is 2.29. The molecule has 0 spiro atoms. The number of nitrogens with one attached hydrogen (secondary N) is 1. The van der Waals surface area contributed by atoms with Gasteiger partial charge in [0.25, 0.3) is 0 Å². The molecule has 0 fully saturated rings. The van der Waals surface area contributed by atoms with Gasteiger partial charge in [0, 0.05) is 0 Å². The van der Waals surface area contributed by atoms with Gasteiger partial charge in [-0.2, -0.15) is 17.9 Å². The second-order valence-corrected chi connectivity index (χ2v) is 6.06. The molecule has 1 aromatic carbocycles. The van der Waals surface area contributed by atoms with Gasteiger partial charge in [-0.25, -0.2) is 8.42 Å². The lowest BCUT2D eigenvalue weighted by Gasteiger charge is -2.28. The molecule has 0 radical (unpaired) electrons. The van der Waals surface area contributed by atoms with Gasteiger partial charge in [-0.3, -0.25) is 0 Å². The molecule has 6 nitrogen and oxygen atoms in total. The Kier molecular flexibility index (Phi) is 5.34. The number of hydrogen-bond acceptors (Lipinski definition) is 5. The van der Waals surface area contributed by atoms with Crippen molar-refractivity contribution in [1.29, 1.82) is 0 Å². The van der Waals surface area contributed by atoms with Crippen LogP contribution in [0.5, 0.6) is 0 Å². The lowest BCUT2D eigenvalue weighted by molar-refractivity contribution is -0.137. The number of aliphatic hydroxyl groups is 3. The Balaban J connectivity index is 3.09. The molecule has 0 atom stereocenters. The minimum atomic E-state index is -4.60. The minimum absolute atomic E-state index is 0.491. The second kappa shape index (κ2) is 6.28. The molecule has 0 heterocycles. The first-order chi connectivity index (χ1) is 9.60. The summed E-state index contributed by atoms with van der Waals surface area (Å²) in [6.45, 7) is -2.67. The zero-order valence-corrected chi connectivity index (χ0v) is 11.4. The highest BCUT2D eigenvalue weighted by molar-refractivity contribution is 7.89. The molecule has 0 saturated heterocycles. The Morgan fingerprint density at radius 1 is 0.952 bits per heavy atom. The normalized spacial score (nSPS) is 13.4. The number of hydrogen-bond donors (Lipinski definition) is 4. The molecular weight excluding hydrogens is 315 g/mol. The van der Waals surface area contributed by atoms with Crippen LogP contribution in [0, 0.1) is 0 Å². The van der Waals surface area contributed by atoms with Crippen LogP contribution < -0.4 is 4.72 Å². The molecule has 0 aliphatic carbocycles. The average Bonchev–Trinajstić information content (AvgIpc) is 2.44. The van der Waals surface area contributed by atoms with Crippen molar-refractivity contribution in [3.63, 3.8) is 0 Å². The van der Waals surface area contributed by atoms with Crippen LogP contribution in [0.3, 0.4) is 0 Å². The van der Waals surface area contributed by atoms with Crippen molar-refractivity contribution in [3.05, 3.63) is 29.8 Å². The molecule has 0 unspecified atom stereocenters. The Hall–Kier alpha value is -1.20. The van der Waals surface area contributed by atoms with E-state index in [4.69, 9.17) is 15.3 Å². The van der Waals surface area contributed by atoms with Crippen LogP contribution in [0.1, 0.15) is 5.56 Å². The highest BCUT2D eigenvalue weighted by Gasteiger charge is 2.35. The van der Waals surface area contributed by atoms with Crippen molar-refractivity contribution in [3.8, 4) is 0 Å². The summed E-state index contributed by atoms with van der Waals surface area (Å²) in [7, 11) is -4.31. The van der Waals surface area contributed by atoms with Gasteiger partial charge >= 0.3 is 6.18 Å². The summed E-state index contributed by atoms with van der Waals surface area (Å²) >= 11 is 0. The van der Waals surface area contributed by atoms with E-state index >= 15 is 0 Å². The van der Waals surface area contributed by atoms with Crippen LogP contribution in [0.25, 0.3) is 0 Å². The predicted molar refractivity (Wildman–Crippen MR) is 65.8 cm³/mol. The third-order valence-electron chi connectivity index (χ3n) is 2.75. The van der Waals surface area contributed by atoms with Crippen molar-refractivity contribution < 1.29 is 36.9 Å². The van der Waals surface area contributed by atoms with E-state index in [0.29, 0.717) is 12.1 Å². The number of sulfonamides is 1. The van der Waals surface area contributed by atoms with E-state index < -0.39 is 52.0 Å². The Labute approximate surface area is 118 Å². The van der Waals surface area contributed by atoms with Crippen LogP contribution in [-0.2, 0) is 16.2 Å². The minimum Gasteiger partial charge on any atom is -0.394 e. The molecule has 0 bridgehead atoms. The van der Waals surface area contributed by atoms with Crippen LogP contribution in [-0.4, -0.2) is 49.1 Å². The molecule has 0 aromatic heterocycles. The molecule has 0 aliphatic rings. The number of halogens is 3. The Bertz CT molecular complexity index is 558. The van der Waals surface area contributed by atoms with Crippen molar-refractivity contribution in [1.82, 2.24) is 4.72 Å². The van der Waals surface area contributed by atoms with E-state index in [1.54, 1.807) is 0 Å². The van der Waals surface area contributed by atoms with Crippen molar-refractivity contribution >= 4 is 10.0 Å². The first kappa shape index (κ1) is 17.9. The molecular formula is C11H14F3NO5S. The Morgan fingerprint density at radius 2 is 1.38 bits per heavy atom. The maximum absolute atomic E-state index is 12.4. The van der Waals surface area contributed by atoms with E-state index in [-0.39, 0.29) is 0 Å². The molecule has 1 aromatic rings. The van der Waals surface area contributed by atoms with Gasteiger partial charge in [-0.15, -0.1) is 0 Å². The summed E-state index contributed by atoms with van der Waals surface area (Å²) in [6.07, 6.45) is -4.60. The molecule has 0 amide bonds. The predicted octanol–water partition coefficient (Wildman–Crippen LogP) is -0.301. The first-order valence-corrected chi connectivity index (χ1v) is 7.12. The monoisotopic (exact) mass is 329 g/mol. The standard InChI is InChI=1S/C11H14F3NO5S/c12-11(13,14)8-1-3-9(4-2-8)21(19,20)15-10(5-16,6-17)7-18/h1-4,15-18H,5-7H2. The van der Waals surface area contributed by atoms with Crippen LogP contribution in [0.4, 0.5) is 13.2 Å². The van der Waals surface area contributed by atoms with Gasteiger partial charge in [0.2, 0.25) is 10.0 Å². The molecule has 0 saturated carbocycles. The maximum Gasteiger partial charge on any atom is 0.416 e. The number of benzene rings is 1. The fourth-order valence-corrected chi connectivity index (χ4v) is 2.79. The van der Waals surface area contributed by atoms with Crippen LogP contribution in [0.2, 0.25) is 0 Å². The van der Waals surface area contributed by atoms with Crippen molar-refractivity contribution in [2.24, 2.45) is 0 Å². The lowest BCUT2D eigenvalue weighted by Crippen LogP contribution is -2.56. The second-order valence-electron chi connectivity index (χ2n) is 4.38. The van der Waals surface area contributed by atoms with Gasteiger partial charge in [0.1, 0.15) is 5.54 Å². The molecule has 120 valence electrons. The quantitative estimate of drug-likeness (QED) is 0.573. The van der Waals surface area contributed by atoms with Gasteiger partial charge in [-0.1, -0.05) is 0 Å². The average molecular weight is 329 g/mol. The zero-order valence-electron chi connectivity index (χ0n) is 10.6. The maximum atomic E-state index is 12.4. The van der Waals surface area contributed by atoms with Gasteiger partial charge in [0.15, 0.2) is 0 Å². The lowest BCUT2D eigenvalue weighted by atomic mass is 10.1. The smallest absolute Gasteiger partial charge is 0.394 e. The van der Waals surface area contributed by atoms with Gasteiger partial charge in [0.05, 0.1) is 30.3 Å². The van der Waals surface area contributed by atoms with E-state index in [0.717, 1.165) is 12.1 Å². The summed E-state index contributed by atoms with van der Waals surface area (Å²) in [4.78, 5) is -0.491.